The van der Waals surface area contributed by atoms with Gasteiger partial charge in [-0.1, -0.05) is 30.0 Å². The van der Waals surface area contributed by atoms with Crippen LogP contribution >= 0.6 is 11.8 Å². The molecule has 8 nitrogen and oxygen atoms in total. The summed E-state index contributed by atoms with van der Waals surface area (Å²) < 4.78 is 18.1. The number of anilines is 1. The number of rotatable bonds is 12. The van der Waals surface area contributed by atoms with Crippen LogP contribution < -0.4 is 19.5 Å². The van der Waals surface area contributed by atoms with Crippen molar-refractivity contribution >= 4 is 23.4 Å². The highest BCUT2D eigenvalue weighted by molar-refractivity contribution is 7.99. The first-order valence-electron chi connectivity index (χ1n) is 10.00. The summed E-state index contributed by atoms with van der Waals surface area (Å²) in [7, 11) is 3.19. The van der Waals surface area contributed by atoms with E-state index < -0.39 is 0 Å². The maximum atomic E-state index is 12.6. The first-order chi connectivity index (χ1) is 15.6. The highest BCUT2D eigenvalue weighted by atomic mass is 32.2. The Balaban J connectivity index is 1.56. The number of amides is 1. The van der Waals surface area contributed by atoms with E-state index in [1.165, 1.54) is 11.8 Å². The van der Waals surface area contributed by atoms with Crippen molar-refractivity contribution in [1.82, 2.24) is 14.8 Å². The van der Waals surface area contributed by atoms with Crippen LogP contribution in [0.5, 0.6) is 17.2 Å². The van der Waals surface area contributed by atoms with Gasteiger partial charge in [0.15, 0.2) is 5.16 Å². The zero-order valence-electron chi connectivity index (χ0n) is 18.1. The molecule has 0 spiro atoms. The number of thioether (sulfide) groups is 1. The largest absolute Gasteiger partial charge is 0.497 e. The molecule has 32 heavy (non-hydrogen) atoms. The Hall–Kier alpha value is -3.46. The molecule has 0 unspecified atom stereocenters. The Morgan fingerprint density at radius 3 is 2.56 bits per heavy atom. The van der Waals surface area contributed by atoms with E-state index in [0.29, 0.717) is 41.3 Å². The normalized spacial score (nSPS) is 10.4. The number of hydrogen-bond donors (Lipinski definition) is 1. The Morgan fingerprint density at radius 2 is 1.84 bits per heavy atom. The highest BCUT2D eigenvalue weighted by Gasteiger charge is 2.16. The number of benzene rings is 2. The molecule has 1 heterocycles. The fraction of sp³-hybridized carbons (Fsp3) is 0.261. The fourth-order valence-corrected chi connectivity index (χ4v) is 3.70. The van der Waals surface area contributed by atoms with Crippen molar-refractivity contribution in [3.05, 3.63) is 67.0 Å². The van der Waals surface area contributed by atoms with E-state index in [4.69, 9.17) is 14.2 Å². The third kappa shape index (κ3) is 6.27. The van der Waals surface area contributed by atoms with Crippen molar-refractivity contribution in [2.24, 2.45) is 0 Å². The SMILES string of the molecule is C=CCn1c(CC(=O)Nc2ccccc2OC)nnc1SCCOc1ccc(OC)cc1. The summed E-state index contributed by atoms with van der Waals surface area (Å²) in [5.74, 6) is 3.19. The van der Waals surface area contributed by atoms with Gasteiger partial charge in [0.1, 0.15) is 23.1 Å². The molecule has 0 aliphatic carbocycles. The smallest absolute Gasteiger partial charge is 0.232 e. The molecule has 0 fully saturated rings. The van der Waals surface area contributed by atoms with Crippen LogP contribution in [0.3, 0.4) is 0 Å². The lowest BCUT2D eigenvalue weighted by Gasteiger charge is -2.11. The van der Waals surface area contributed by atoms with Gasteiger partial charge in [0.05, 0.1) is 32.9 Å². The lowest BCUT2D eigenvalue weighted by atomic mass is 10.2. The van der Waals surface area contributed by atoms with E-state index in [1.54, 1.807) is 32.4 Å². The monoisotopic (exact) mass is 454 g/mol. The van der Waals surface area contributed by atoms with Gasteiger partial charge in [-0.2, -0.15) is 0 Å². The Bertz CT molecular complexity index is 1040. The molecule has 1 N–H and O–H groups in total. The number of carbonyl (C=O) groups is 1. The van der Waals surface area contributed by atoms with E-state index in [2.05, 4.69) is 22.1 Å². The zero-order chi connectivity index (χ0) is 22.8. The third-order valence-corrected chi connectivity index (χ3v) is 5.38. The van der Waals surface area contributed by atoms with Gasteiger partial charge in [0.2, 0.25) is 5.91 Å². The molecule has 3 rings (SSSR count). The van der Waals surface area contributed by atoms with E-state index in [-0.39, 0.29) is 12.3 Å². The van der Waals surface area contributed by atoms with Crippen LogP contribution in [0.2, 0.25) is 0 Å². The molecular weight excluding hydrogens is 428 g/mol. The van der Waals surface area contributed by atoms with Crippen molar-refractivity contribution < 1.29 is 19.0 Å². The van der Waals surface area contributed by atoms with E-state index in [1.807, 2.05) is 41.0 Å². The molecule has 1 aromatic heterocycles. The van der Waals surface area contributed by atoms with Crippen LogP contribution in [0.15, 0.2) is 66.3 Å². The number of carbonyl (C=O) groups excluding carboxylic acids is 1. The summed E-state index contributed by atoms with van der Waals surface area (Å²) in [6, 6.07) is 14.7. The quantitative estimate of drug-likeness (QED) is 0.253. The van der Waals surface area contributed by atoms with E-state index in [0.717, 1.165) is 11.5 Å². The molecule has 0 aliphatic heterocycles. The third-order valence-electron chi connectivity index (χ3n) is 4.45. The standard InChI is InChI=1S/C23H26N4O4S/c1-4-13-27-21(16-22(28)24-19-7-5-6-8-20(19)30-3)25-26-23(27)32-15-14-31-18-11-9-17(29-2)10-12-18/h4-12H,1,13-16H2,2-3H3,(H,24,28). The van der Waals surface area contributed by atoms with Crippen LogP contribution in [0, 0.1) is 0 Å². The second kappa shape index (κ2) is 11.8. The average Bonchev–Trinajstić information content (AvgIpc) is 3.18. The minimum atomic E-state index is -0.202. The number of hydrogen-bond acceptors (Lipinski definition) is 7. The number of ether oxygens (including phenoxy) is 3. The maximum absolute atomic E-state index is 12.6. The zero-order valence-corrected chi connectivity index (χ0v) is 18.9. The molecule has 2 aromatic carbocycles. The highest BCUT2D eigenvalue weighted by Crippen LogP contribution is 2.24. The topological polar surface area (TPSA) is 87.5 Å². The molecule has 0 aliphatic rings. The van der Waals surface area contributed by atoms with Gasteiger partial charge in [-0.25, -0.2) is 0 Å². The summed E-state index contributed by atoms with van der Waals surface area (Å²) in [6.45, 7) is 4.81. The summed E-state index contributed by atoms with van der Waals surface area (Å²) >= 11 is 1.51. The van der Waals surface area contributed by atoms with E-state index in [9.17, 15) is 4.79 Å². The summed E-state index contributed by atoms with van der Waals surface area (Å²) in [4.78, 5) is 12.6. The van der Waals surface area contributed by atoms with Crippen molar-refractivity contribution in [1.29, 1.82) is 0 Å². The molecule has 9 heteroatoms. The number of aromatic nitrogens is 3. The maximum Gasteiger partial charge on any atom is 0.232 e. The molecule has 0 atom stereocenters. The van der Waals surface area contributed by atoms with Gasteiger partial charge >= 0.3 is 0 Å². The predicted molar refractivity (Wildman–Crippen MR) is 125 cm³/mol. The van der Waals surface area contributed by atoms with Gasteiger partial charge in [0, 0.05) is 12.3 Å². The number of para-hydroxylation sites is 2. The summed E-state index contributed by atoms with van der Waals surface area (Å²) in [5.41, 5.74) is 0.611. The predicted octanol–water partition coefficient (Wildman–Crippen LogP) is 3.83. The molecular formula is C23H26N4O4S. The van der Waals surface area contributed by atoms with Crippen molar-refractivity contribution in [3.63, 3.8) is 0 Å². The van der Waals surface area contributed by atoms with Crippen LogP contribution in [-0.4, -0.2) is 47.3 Å². The van der Waals surface area contributed by atoms with Gasteiger partial charge in [-0.05, 0) is 36.4 Å². The minimum absolute atomic E-state index is 0.0851. The number of methoxy groups -OCH3 is 2. The first kappa shape index (κ1) is 23.2. The second-order valence-corrected chi connectivity index (χ2v) is 7.66. The fourth-order valence-electron chi connectivity index (χ4n) is 2.92. The molecule has 0 saturated carbocycles. The van der Waals surface area contributed by atoms with Crippen molar-refractivity contribution in [3.8, 4) is 17.2 Å². The Labute approximate surface area is 191 Å². The average molecular weight is 455 g/mol. The van der Waals surface area contributed by atoms with Crippen LogP contribution in [-0.2, 0) is 17.8 Å². The van der Waals surface area contributed by atoms with Crippen molar-refractivity contribution in [2.45, 2.75) is 18.1 Å². The van der Waals surface area contributed by atoms with Crippen LogP contribution in [0.25, 0.3) is 0 Å². The second-order valence-electron chi connectivity index (χ2n) is 6.60. The van der Waals surface area contributed by atoms with Crippen LogP contribution in [0.4, 0.5) is 5.69 Å². The van der Waals surface area contributed by atoms with Gasteiger partial charge < -0.3 is 24.1 Å². The molecule has 168 valence electrons. The van der Waals surface area contributed by atoms with Gasteiger partial charge in [0.25, 0.3) is 0 Å². The van der Waals surface area contributed by atoms with Gasteiger partial charge in [-0.15, -0.1) is 16.8 Å². The molecule has 3 aromatic rings. The number of nitrogens with one attached hydrogen (secondary N) is 1. The Morgan fingerprint density at radius 1 is 1.09 bits per heavy atom. The van der Waals surface area contributed by atoms with Gasteiger partial charge in [-0.3, -0.25) is 4.79 Å². The van der Waals surface area contributed by atoms with E-state index >= 15 is 0 Å². The summed E-state index contributed by atoms with van der Waals surface area (Å²) in [6.07, 6.45) is 1.84. The first-order valence-corrected chi connectivity index (χ1v) is 11.0. The lowest BCUT2D eigenvalue weighted by Crippen LogP contribution is -2.18. The number of nitrogens with zero attached hydrogens (tertiary/aromatic N) is 3. The minimum Gasteiger partial charge on any atom is -0.497 e. The molecule has 0 radical (unpaired) electrons. The van der Waals surface area contributed by atoms with Crippen molar-refractivity contribution in [2.75, 3.05) is 31.9 Å². The number of allylic oxidation sites excluding steroid dienone is 1. The lowest BCUT2D eigenvalue weighted by molar-refractivity contribution is -0.115. The molecule has 1 amide bonds. The molecule has 0 saturated heterocycles. The summed E-state index contributed by atoms with van der Waals surface area (Å²) in [5, 5.41) is 12.0. The van der Waals surface area contributed by atoms with Crippen LogP contribution in [0.1, 0.15) is 5.82 Å². The Kier molecular flexibility index (Phi) is 8.56. The molecule has 0 bridgehead atoms.